The molecule has 1 amide bonds. The van der Waals surface area contributed by atoms with E-state index in [1.165, 1.54) is 25.7 Å². The number of ether oxygens (including phenoxy) is 1. The third kappa shape index (κ3) is 4.65. The fourth-order valence-corrected chi connectivity index (χ4v) is 2.96. The molecule has 2 rings (SSSR count). The maximum Gasteiger partial charge on any atom is 0.407 e. The zero-order chi connectivity index (χ0) is 14.8. The van der Waals surface area contributed by atoms with Crippen LogP contribution in [0.2, 0.25) is 0 Å². The molecule has 2 N–H and O–H groups in total. The first kappa shape index (κ1) is 15.6. The molecule has 0 aromatic carbocycles. The van der Waals surface area contributed by atoms with Crippen LogP contribution >= 0.6 is 0 Å². The van der Waals surface area contributed by atoms with Gasteiger partial charge in [-0.1, -0.05) is 13.3 Å². The zero-order valence-corrected chi connectivity index (χ0v) is 13.4. The lowest BCUT2D eigenvalue weighted by Gasteiger charge is -2.37. The molecule has 0 aliphatic heterocycles. The van der Waals surface area contributed by atoms with E-state index < -0.39 is 5.60 Å². The van der Waals surface area contributed by atoms with Gasteiger partial charge in [0.15, 0.2) is 0 Å². The van der Waals surface area contributed by atoms with Crippen LogP contribution in [0.25, 0.3) is 0 Å². The lowest BCUT2D eigenvalue weighted by atomic mass is 9.86. The van der Waals surface area contributed by atoms with Gasteiger partial charge in [0.25, 0.3) is 0 Å². The van der Waals surface area contributed by atoms with Crippen molar-refractivity contribution in [2.45, 2.75) is 83.9 Å². The largest absolute Gasteiger partial charge is 0.444 e. The molecular weight excluding hydrogens is 252 g/mol. The topological polar surface area (TPSA) is 50.4 Å². The Morgan fingerprint density at radius 2 is 1.90 bits per heavy atom. The highest BCUT2D eigenvalue weighted by molar-refractivity contribution is 5.68. The van der Waals surface area contributed by atoms with Gasteiger partial charge < -0.3 is 15.4 Å². The van der Waals surface area contributed by atoms with Gasteiger partial charge in [-0.15, -0.1) is 0 Å². The Kier molecular flexibility index (Phi) is 4.62. The third-order valence-electron chi connectivity index (χ3n) is 4.36. The molecule has 2 saturated carbocycles. The number of hydrogen-bond acceptors (Lipinski definition) is 3. The molecule has 0 atom stereocenters. The van der Waals surface area contributed by atoms with E-state index in [0.29, 0.717) is 11.5 Å². The van der Waals surface area contributed by atoms with Crippen LogP contribution in [0, 0.1) is 5.41 Å². The van der Waals surface area contributed by atoms with Crippen LogP contribution in [0.3, 0.4) is 0 Å². The predicted octanol–water partition coefficient (Wildman–Crippen LogP) is 3.21. The highest BCUT2D eigenvalue weighted by atomic mass is 16.6. The predicted molar refractivity (Wildman–Crippen MR) is 80.8 cm³/mol. The molecule has 0 radical (unpaired) electrons. The van der Waals surface area contributed by atoms with E-state index in [4.69, 9.17) is 4.74 Å². The first-order chi connectivity index (χ1) is 9.32. The minimum Gasteiger partial charge on any atom is -0.444 e. The average Bonchev–Trinajstić information content (AvgIpc) is 2.99. The quantitative estimate of drug-likeness (QED) is 0.786. The first-order valence-electron chi connectivity index (χ1n) is 8.05. The van der Waals surface area contributed by atoms with Crippen molar-refractivity contribution in [2.24, 2.45) is 5.41 Å². The molecule has 2 aliphatic rings. The van der Waals surface area contributed by atoms with Crippen molar-refractivity contribution in [2.75, 3.05) is 6.54 Å². The number of hydrogen-bond donors (Lipinski definition) is 2. The van der Waals surface area contributed by atoms with Crippen LogP contribution in [0.4, 0.5) is 4.79 Å². The number of amides is 1. The van der Waals surface area contributed by atoms with E-state index in [1.54, 1.807) is 0 Å². The summed E-state index contributed by atoms with van der Waals surface area (Å²) < 4.78 is 5.27. The molecule has 0 aromatic heterocycles. The smallest absolute Gasteiger partial charge is 0.407 e. The van der Waals surface area contributed by atoms with E-state index in [9.17, 15) is 4.79 Å². The molecule has 2 fully saturated rings. The van der Waals surface area contributed by atoms with E-state index in [0.717, 1.165) is 19.4 Å². The van der Waals surface area contributed by atoms with Crippen LogP contribution in [-0.4, -0.2) is 30.3 Å². The summed E-state index contributed by atoms with van der Waals surface area (Å²) in [5, 5.41) is 6.61. The van der Waals surface area contributed by atoms with Crippen molar-refractivity contribution in [1.82, 2.24) is 10.6 Å². The SMILES string of the molecule is CCCC1(CNC2CC(NC(=O)OC(C)(C)C)C2)CC1. The Hall–Kier alpha value is -0.770. The van der Waals surface area contributed by atoms with Gasteiger partial charge in [0.2, 0.25) is 0 Å². The van der Waals surface area contributed by atoms with Crippen LogP contribution < -0.4 is 10.6 Å². The second-order valence-corrected chi connectivity index (χ2v) is 7.64. The van der Waals surface area contributed by atoms with Crippen molar-refractivity contribution >= 4 is 6.09 Å². The third-order valence-corrected chi connectivity index (χ3v) is 4.36. The molecule has 0 aromatic rings. The lowest BCUT2D eigenvalue weighted by molar-refractivity contribution is 0.0464. The van der Waals surface area contributed by atoms with Crippen LogP contribution in [0.15, 0.2) is 0 Å². The van der Waals surface area contributed by atoms with Crippen molar-refractivity contribution < 1.29 is 9.53 Å². The summed E-state index contributed by atoms with van der Waals surface area (Å²) in [4.78, 5) is 11.6. The van der Waals surface area contributed by atoms with Gasteiger partial charge >= 0.3 is 6.09 Å². The summed E-state index contributed by atoms with van der Waals surface area (Å²) in [6.45, 7) is 9.09. The number of carbonyl (C=O) groups is 1. The van der Waals surface area contributed by atoms with E-state index in [1.807, 2.05) is 20.8 Å². The number of alkyl carbamates (subject to hydrolysis) is 1. The molecule has 0 saturated heterocycles. The van der Waals surface area contributed by atoms with Crippen LogP contribution in [0.1, 0.15) is 66.2 Å². The summed E-state index contributed by atoms with van der Waals surface area (Å²) in [5.41, 5.74) is 0.197. The second kappa shape index (κ2) is 5.92. The standard InChI is InChI=1S/C16H30N2O2/c1-5-6-16(7-8-16)11-17-12-9-13(10-12)18-14(19)20-15(2,3)4/h12-13,17H,5-11H2,1-4H3,(H,18,19). The lowest BCUT2D eigenvalue weighted by Crippen LogP contribution is -2.54. The number of carbonyl (C=O) groups excluding carboxylic acids is 1. The summed E-state index contributed by atoms with van der Waals surface area (Å²) in [6.07, 6.45) is 7.19. The van der Waals surface area contributed by atoms with Crippen molar-refractivity contribution in [3.8, 4) is 0 Å². The maximum absolute atomic E-state index is 11.6. The Balaban J connectivity index is 1.57. The Labute approximate surface area is 123 Å². The monoisotopic (exact) mass is 282 g/mol. The molecule has 0 unspecified atom stereocenters. The molecule has 4 nitrogen and oxygen atoms in total. The van der Waals surface area contributed by atoms with Crippen molar-refractivity contribution in [1.29, 1.82) is 0 Å². The number of nitrogens with one attached hydrogen (secondary N) is 2. The van der Waals surface area contributed by atoms with Gasteiger partial charge in [0.1, 0.15) is 5.60 Å². The molecule has 0 bridgehead atoms. The molecule has 116 valence electrons. The zero-order valence-electron chi connectivity index (χ0n) is 13.4. The summed E-state index contributed by atoms with van der Waals surface area (Å²) in [5.74, 6) is 0. The molecule has 20 heavy (non-hydrogen) atoms. The van der Waals surface area contributed by atoms with Crippen LogP contribution in [-0.2, 0) is 4.74 Å². The minimum atomic E-state index is -0.413. The van der Waals surface area contributed by atoms with Crippen molar-refractivity contribution in [3.63, 3.8) is 0 Å². The summed E-state index contributed by atoms with van der Waals surface area (Å²) >= 11 is 0. The normalized spacial score (nSPS) is 27.6. The van der Waals surface area contributed by atoms with Gasteiger partial charge in [-0.3, -0.25) is 0 Å². The Morgan fingerprint density at radius 3 is 2.40 bits per heavy atom. The number of rotatable bonds is 6. The summed E-state index contributed by atoms with van der Waals surface area (Å²) in [6, 6.07) is 0.855. The van der Waals surface area contributed by atoms with E-state index in [2.05, 4.69) is 17.6 Å². The molecule has 2 aliphatic carbocycles. The van der Waals surface area contributed by atoms with Gasteiger partial charge in [-0.25, -0.2) is 4.79 Å². The maximum atomic E-state index is 11.6. The van der Waals surface area contributed by atoms with Gasteiger partial charge in [0, 0.05) is 18.6 Å². The summed E-state index contributed by atoms with van der Waals surface area (Å²) in [7, 11) is 0. The molecule has 0 spiro atoms. The second-order valence-electron chi connectivity index (χ2n) is 7.64. The van der Waals surface area contributed by atoms with E-state index in [-0.39, 0.29) is 12.1 Å². The fourth-order valence-electron chi connectivity index (χ4n) is 2.96. The Morgan fingerprint density at radius 1 is 1.25 bits per heavy atom. The average molecular weight is 282 g/mol. The minimum absolute atomic E-state index is 0.281. The van der Waals surface area contributed by atoms with Gasteiger partial charge in [0.05, 0.1) is 0 Å². The first-order valence-corrected chi connectivity index (χ1v) is 8.05. The molecule has 4 heteroatoms. The molecule has 0 heterocycles. The highest BCUT2D eigenvalue weighted by Gasteiger charge is 2.42. The highest BCUT2D eigenvalue weighted by Crippen LogP contribution is 2.49. The molecular formula is C16H30N2O2. The van der Waals surface area contributed by atoms with Crippen LogP contribution in [0.5, 0.6) is 0 Å². The van der Waals surface area contributed by atoms with Gasteiger partial charge in [-0.2, -0.15) is 0 Å². The van der Waals surface area contributed by atoms with Gasteiger partial charge in [-0.05, 0) is 58.3 Å². The Bertz CT molecular complexity index is 339. The van der Waals surface area contributed by atoms with E-state index >= 15 is 0 Å². The fraction of sp³-hybridized carbons (Fsp3) is 0.938. The van der Waals surface area contributed by atoms with Crippen molar-refractivity contribution in [3.05, 3.63) is 0 Å².